The second kappa shape index (κ2) is 4.67. The van der Waals surface area contributed by atoms with E-state index >= 15 is 0 Å². The standard InChI is InChI=1S/C15H22O2/c1-9-4-6-12(8-11(3)15(16)17)14-10(2)5-7-13(9)14/h5,8-9,12-14H,4,6-7H2,1-3H3,(H,16,17)/b11-8+/t9-,12+,13-,14+/m1/s1. The maximum atomic E-state index is 10.9. The zero-order valence-electron chi connectivity index (χ0n) is 10.9. The van der Waals surface area contributed by atoms with Crippen LogP contribution in [0.1, 0.15) is 40.0 Å². The van der Waals surface area contributed by atoms with E-state index in [4.69, 9.17) is 5.11 Å². The van der Waals surface area contributed by atoms with E-state index in [2.05, 4.69) is 19.9 Å². The van der Waals surface area contributed by atoms with E-state index in [9.17, 15) is 4.79 Å². The van der Waals surface area contributed by atoms with E-state index < -0.39 is 5.97 Å². The van der Waals surface area contributed by atoms with Crippen LogP contribution in [0.2, 0.25) is 0 Å². The molecule has 0 aliphatic heterocycles. The van der Waals surface area contributed by atoms with Crippen molar-refractivity contribution in [1.82, 2.24) is 0 Å². The van der Waals surface area contributed by atoms with Crippen LogP contribution < -0.4 is 0 Å². The molecule has 0 unspecified atom stereocenters. The van der Waals surface area contributed by atoms with Gasteiger partial charge in [-0.1, -0.05) is 24.6 Å². The lowest BCUT2D eigenvalue weighted by molar-refractivity contribution is -0.132. The molecule has 17 heavy (non-hydrogen) atoms. The monoisotopic (exact) mass is 234 g/mol. The lowest BCUT2D eigenvalue weighted by atomic mass is 9.66. The molecule has 0 radical (unpaired) electrons. The number of carboxylic acid groups (broad SMARTS) is 1. The summed E-state index contributed by atoms with van der Waals surface area (Å²) in [6.07, 6.45) is 7.91. The maximum Gasteiger partial charge on any atom is 0.330 e. The molecule has 1 saturated carbocycles. The third kappa shape index (κ3) is 2.31. The Bertz CT molecular complexity index is 378. The van der Waals surface area contributed by atoms with Gasteiger partial charge < -0.3 is 5.11 Å². The second-order valence-electron chi connectivity index (χ2n) is 5.75. The van der Waals surface area contributed by atoms with E-state index in [0.717, 1.165) is 18.3 Å². The van der Waals surface area contributed by atoms with Crippen molar-refractivity contribution in [2.45, 2.75) is 40.0 Å². The van der Waals surface area contributed by atoms with Gasteiger partial charge in [0.2, 0.25) is 0 Å². The Kier molecular flexibility index (Phi) is 3.41. The highest BCUT2D eigenvalue weighted by atomic mass is 16.4. The molecule has 4 atom stereocenters. The Morgan fingerprint density at radius 2 is 2.18 bits per heavy atom. The van der Waals surface area contributed by atoms with E-state index in [-0.39, 0.29) is 0 Å². The Morgan fingerprint density at radius 1 is 1.47 bits per heavy atom. The predicted octanol–water partition coefficient (Wildman–Crippen LogP) is 3.65. The third-order valence-electron chi connectivity index (χ3n) is 4.65. The zero-order chi connectivity index (χ0) is 12.6. The molecule has 2 heteroatoms. The minimum absolute atomic E-state index is 0.436. The van der Waals surface area contributed by atoms with Crippen LogP contribution in [0.3, 0.4) is 0 Å². The highest BCUT2D eigenvalue weighted by Crippen LogP contribution is 2.48. The molecule has 0 heterocycles. The Balaban J connectivity index is 2.21. The summed E-state index contributed by atoms with van der Waals surface area (Å²) in [5, 5.41) is 8.99. The molecule has 0 spiro atoms. The van der Waals surface area contributed by atoms with E-state index in [1.54, 1.807) is 6.92 Å². The van der Waals surface area contributed by atoms with Crippen molar-refractivity contribution in [3.63, 3.8) is 0 Å². The number of carboxylic acids is 1. The van der Waals surface area contributed by atoms with Gasteiger partial charge in [0.1, 0.15) is 0 Å². The van der Waals surface area contributed by atoms with Gasteiger partial charge in [-0.05, 0) is 56.8 Å². The number of hydrogen-bond donors (Lipinski definition) is 1. The third-order valence-corrected chi connectivity index (χ3v) is 4.65. The van der Waals surface area contributed by atoms with Gasteiger partial charge in [0, 0.05) is 5.57 Å². The smallest absolute Gasteiger partial charge is 0.330 e. The van der Waals surface area contributed by atoms with Crippen LogP contribution in [0.5, 0.6) is 0 Å². The highest BCUT2D eigenvalue weighted by molar-refractivity contribution is 5.85. The first-order chi connectivity index (χ1) is 8.00. The number of allylic oxidation sites excluding steroid dienone is 3. The van der Waals surface area contributed by atoms with Crippen molar-refractivity contribution >= 4 is 5.97 Å². The second-order valence-corrected chi connectivity index (χ2v) is 5.75. The summed E-state index contributed by atoms with van der Waals surface area (Å²) in [4.78, 5) is 10.9. The van der Waals surface area contributed by atoms with Crippen molar-refractivity contribution < 1.29 is 9.90 Å². The molecule has 0 aromatic carbocycles. The van der Waals surface area contributed by atoms with Gasteiger partial charge in [-0.3, -0.25) is 0 Å². The lowest BCUT2D eigenvalue weighted by Gasteiger charge is -2.38. The summed E-state index contributed by atoms with van der Waals surface area (Å²) in [6.45, 7) is 6.26. The number of aliphatic carboxylic acids is 1. The van der Waals surface area contributed by atoms with E-state index in [1.165, 1.54) is 18.4 Å². The van der Waals surface area contributed by atoms with Crippen LogP contribution in [0.4, 0.5) is 0 Å². The van der Waals surface area contributed by atoms with Gasteiger partial charge >= 0.3 is 5.97 Å². The summed E-state index contributed by atoms with van der Waals surface area (Å²) in [6, 6.07) is 0. The minimum Gasteiger partial charge on any atom is -0.478 e. The number of carbonyl (C=O) groups is 1. The molecule has 2 aliphatic rings. The molecular weight excluding hydrogens is 212 g/mol. The number of fused-ring (bicyclic) bond motifs is 1. The maximum absolute atomic E-state index is 10.9. The van der Waals surface area contributed by atoms with Crippen molar-refractivity contribution in [3.05, 3.63) is 23.3 Å². The van der Waals surface area contributed by atoms with Crippen LogP contribution in [-0.2, 0) is 4.79 Å². The Labute approximate surface area is 103 Å². The van der Waals surface area contributed by atoms with Gasteiger partial charge in [0.15, 0.2) is 0 Å². The van der Waals surface area contributed by atoms with Crippen LogP contribution in [0, 0.1) is 23.7 Å². The van der Waals surface area contributed by atoms with Crippen molar-refractivity contribution in [1.29, 1.82) is 0 Å². The van der Waals surface area contributed by atoms with Crippen LogP contribution in [0.15, 0.2) is 23.3 Å². The molecular formula is C15H22O2. The van der Waals surface area contributed by atoms with E-state index in [0.29, 0.717) is 17.4 Å². The average Bonchev–Trinajstić information content (AvgIpc) is 2.66. The molecule has 1 N–H and O–H groups in total. The van der Waals surface area contributed by atoms with Gasteiger partial charge in [-0.2, -0.15) is 0 Å². The fraction of sp³-hybridized carbons (Fsp3) is 0.667. The normalized spacial score (nSPS) is 37.6. The number of rotatable bonds is 2. The first kappa shape index (κ1) is 12.4. The average molecular weight is 234 g/mol. The van der Waals surface area contributed by atoms with Crippen LogP contribution >= 0.6 is 0 Å². The molecule has 2 rings (SSSR count). The Morgan fingerprint density at radius 3 is 2.82 bits per heavy atom. The molecule has 2 aliphatic carbocycles. The molecule has 0 bridgehead atoms. The minimum atomic E-state index is -0.778. The number of hydrogen-bond acceptors (Lipinski definition) is 1. The fourth-order valence-corrected chi connectivity index (χ4v) is 3.61. The largest absolute Gasteiger partial charge is 0.478 e. The predicted molar refractivity (Wildman–Crippen MR) is 68.6 cm³/mol. The molecule has 0 amide bonds. The van der Waals surface area contributed by atoms with Crippen molar-refractivity contribution in [3.8, 4) is 0 Å². The summed E-state index contributed by atoms with van der Waals surface area (Å²) in [5.74, 6) is 1.77. The molecule has 0 aromatic heterocycles. The lowest BCUT2D eigenvalue weighted by Crippen LogP contribution is -2.30. The SMILES string of the molecule is CC1=CC[C@H]2[C@@H]1[C@H](/C=C(\C)C(=O)O)CC[C@H]2C. The molecule has 2 nitrogen and oxygen atoms in total. The quantitative estimate of drug-likeness (QED) is 0.585. The molecule has 1 fully saturated rings. The van der Waals surface area contributed by atoms with Crippen LogP contribution in [0.25, 0.3) is 0 Å². The topological polar surface area (TPSA) is 37.3 Å². The first-order valence-corrected chi connectivity index (χ1v) is 6.59. The summed E-state index contributed by atoms with van der Waals surface area (Å²) >= 11 is 0. The first-order valence-electron chi connectivity index (χ1n) is 6.59. The Hall–Kier alpha value is -1.05. The van der Waals surface area contributed by atoms with Gasteiger partial charge in [-0.25, -0.2) is 4.79 Å². The zero-order valence-corrected chi connectivity index (χ0v) is 10.9. The molecule has 94 valence electrons. The van der Waals surface area contributed by atoms with Gasteiger partial charge in [0.25, 0.3) is 0 Å². The van der Waals surface area contributed by atoms with Gasteiger partial charge in [-0.15, -0.1) is 0 Å². The summed E-state index contributed by atoms with van der Waals surface area (Å²) in [5.41, 5.74) is 1.98. The fourth-order valence-electron chi connectivity index (χ4n) is 3.61. The summed E-state index contributed by atoms with van der Waals surface area (Å²) in [7, 11) is 0. The molecule has 0 aromatic rings. The highest BCUT2D eigenvalue weighted by Gasteiger charge is 2.39. The van der Waals surface area contributed by atoms with Gasteiger partial charge in [0.05, 0.1) is 0 Å². The van der Waals surface area contributed by atoms with Crippen molar-refractivity contribution in [2.24, 2.45) is 23.7 Å². The van der Waals surface area contributed by atoms with Crippen molar-refractivity contribution in [2.75, 3.05) is 0 Å². The summed E-state index contributed by atoms with van der Waals surface area (Å²) < 4.78 is 0. The van der Waals surface area contributed by atoms with Crippen LogP contribution in [-0.4, -0.2) is 11.1 Å². The van der Waals surface area contributed by atoms with E-state index in [1.807, 2.05) is 6.08 Å². The molecule has 0 saturated heterocycles.